The lowest BCUT2D eigenvalue weighted by Gasteiger charge is -2.24. The molecule has 1 amide bonds. The maximum Gasteiger partial charge on any atom is 0.408 e. The molecule has 0 heterocycles. The zero-order valence-electron chi connectivity index (χ0n) is 26.0. The third-order valence-corrected chi connectivity index (χ3v) is 6.25. The molecule has 1 unspecified atom stereocenters. The van der Waals surface area contributed by atoms with Crippen molar-refractivity contribution >= 4 is 12.1 Å². The van der Waals surface area contributed by atoms with Gasteiger partial charge >= 0.3 is 12.1 Å². The first-order chi connectivity index (χ1) is 19.8. The first-order valence-electron chi connectivity index (χ1n) is 14.5. The van der Waals surface area contributed by atoms with Crippen LogP contribution in [0.25, 0.3) is 11.1 Å². The topological polar surface area (TPSA) is 94.1 Å². The van der Waals surface area contributed by atoms with Crippen LogP contribution in [0, 0.1) is 0 Å². The lowest BCUT2D eigenvalue weighted by molar-refractivity contribution is -0.153. The van der Waals surface area contributed by atoms with Crippen molar-refractivity contribution in [2.24, 2.45) is 0 Å². The highest BCUT2D eigenvalue weighted by Gasteiger charge is 2.21. The molecule has 0 saturated carbocycles. The minimum atomic E-state index is -0.581. The summed E-state index contributed by atoms with van der Waals surface area (Å²) in [5.74, 6) is 0.294. The van der Waals surface area contributed by atoms with Crippen LogP contribution in [0.1, 0.15) is 89.6 Å². The van der Waals surface area contributed by atoms with Crippen LogP contribution in [0.3, 0.4) is 0 Å². The van der Waals surface area contributed by atoms with Gasteiger partial charge in [0, 0.05) is 5.56 Å². The van der Waals surface area contributed by atoms with Crippen molar-refractivity contribution in [2.75, 3.05) is 0 Å². The van der Waals surface area contributed by atoms with Crippen molar-refractivity contribution in [3.05, 3.63) is 89.0 Å². The van der Waals surface area contributed by atoms with E-state index in [0.29, 0.717) is 5.75 Å². The summed E-state index contributed by atoms with van der Waals surface area (Å²) in [5.41, 5.74) is 4.11. The predicted molar refractivity (Wildman–Crippen MR) is 165 cm³/mol. The summed E-state index contributed by atoms with van der Waals surface area (Å²) in [6, 6.07) is 21.2. The van der Waals surface area contributed by atoms with Gasteiger partial charge in [0.2, 0.25) is 0 Å². The third-order valence-electron chi connectivity index (χ3n) is 6.25. The molecule has 0 aromatic heterocycles. The van der Waals surface area contributed by atoms with Gasteiger partial charge in [-0.25, -0.2) is 4.79 Å². The van der Waals surface area contributed by atoms with Crippen LogP contribution in [0.2, 0.25) is 0 Å². The van der Waals surface area contributed by atoms with E-state index < -0.39 is 17.3 Å². The van der Waals surface area contributed by atoms with E-state index in [9.17, 15) is 14.7 Å². The molecule has 0 fully saturated rings. The average Bonchev–Trinajstić information content (AvgIpc) is 2.90. The number of alkyl carbamates (subject to hydrolysis) is 1. The summed E-state index contributed by atoms with van der Waals surface area (Å²) in [7, 11) is 0. The Morgan fingerprint density at radius 3 is 2.19 bits per heavy atom. The number of esters is 1. The maximum atomic E-state index is 12.5. The number of carbonyl (C=O) groups excluding carboxylic acids is 2. The zero-order valence-corrected chi connectivity index (χ0v) is 26.0. The Labute approximate surface area is 250 Å². The minimum absolute atomic E-state index is 0.110. The summed E-state index contributed by atoms with van der Waals surface area (Å²) in [5, 5.41) is 13.0. The summed E-state index contributed by atoms with van der Waals surface area (Å²) < 4.78 is 17.2. The highest BCUT2D eigenvalue weighted by Crippen LogP contribution is 2.29. The number of benzene rings is 3. The quantitative estimate of drug-likeness (QED) is 0.228. The summed E-state index contributed by atoms with van der Waals surface area (Å²) in [6.07, 6.45) is 1.32. The number of hydrogen-bond acceptors (Lipinski definition) is 6. The summed E-state index contributed by atoms with van der Waals surface area (Å²) in [6.45, 7) is 13.3. The number of hydrogen-bond donors (Lipinski definition) is 2. The van der Waals surface area contributed by atoms with Crippen molar-refractivity contribution < 1.29 is 28.9 Å². The van der Waals surface area contributed by atoms with E-state index in [1.807, 2.05) is 102 Å². The van der Waals surface area contributed by atoms with E-state index in [-0.39, 0.29) is 31.6 Å². The number of carbonyl (C=O) groups is 2. The van der Waals surface area contributed by atoms with Crippen LogP contribution in [0.15, 0.2) is 66.7 Å². The van der Waals surface area contributed by atoms with Crippen LogP contribution < -0.4 is 10.1 Å². The van der Waals surface area contributed by atoms with Gasteiger partial charge in [-0.3, -0.25) is 4.79 Å². The fourth-order valence-corrected chi connectivity index (χ4v) is 4.58. The molecule has 3 rings (SSSR count). The molecule has 226 valence electrons. The predicted octanol–water partition coefficient (Wildman–Crippen LogP) is 7.68. The smallest absolute Gasteiger partial charge is 0.408 e. The SMILES string of the molecule is CCCC(NC(=O)OC(C)(C)C)c1cccc(-c2cc(CO)cc(COc3ccccc3CC(=O)OC(C)(C)C)c2)c1. The standard InChI is InChI=1S/C35H45NO6/c1-8-12-30(36-33(39)42-35(5,6)7)27-15-11-14-26(20-27)29-18-24(22-37)17-25(19-29)23-40-31-16-10-9-13-28(31)21-32(38)41-34(2,3)4/h9-11,13-20,30,37H,8,12,21-23H2,1-7H3,(H,36,39). The van der Waals surface area contributed by atoms with Gasteiger partial charge in [0.05, 0.1) is 19.1 Å². The molecule has 0 aliphatic carbocycles. The minimum Gasteiger partial charge on any atom is -0.489 e. The molecule has 3 aromatic rings. The Bertz CT molecular complexity index is 1350. The van der Waals surface area contributed by atoms with Gasteiger partial charge in [0.15, 0.2) is 0 Å². The average molecular weight is 576 g/mol. The van der Waals surface area contributed by atoms with E-state index in [0.717, 1.165) is 46.2 Å². The molecule has 3 aromatic carbocycles. The Hall–Kier alpha value is -3.84. The third kappa shape index (κ3) is 10.5. The van der Waals surface area contributed by atoms with Gasteiger partial charge in [0.1, 0.15) is 23.6 Å². The second kappa shape index (κ2) is 14.4. The molecule has 1 atom stereocenters. The van der Waals surface area contributed by atoms with Crippen molar-refractivity contribution in [3.8, 4) is 16.9 Å². The molecule has 0 aliphatic heterocycles. The van der Waals surface area contributed by atoms with Gasteiger partial charge < -0.3 is 24.6 Å². The van der Waals surface area contributed by atoms with E-state index in [1.165, 1.54) is 0 Å². The zero-order chi connectivity index (χ0) is 30.9. The van der Waals surface area contributed by atoms with Crippen molar-refractivity contribution in [2.45, 2.75) is 98.2 Å². The lowest BCUT2D eigenvalue weighted by atomic mass is 9.95. The Balaban J connectivity index is 1.82. The fraction of sp³-hybridized carbons (Fsp3) is 0.429. The largest absolute Gasteiger partial charge is 0.489 e. The second-order valence-corrected chi connectivity index (χ2v) is 12.5. The van der Waals surface area contributed by atoms with Crippen LogP contribution >= 0.6 is 0 Å². The normalized spacial score (nSPS) is 12.4. The van der Waals surface area contributed by atoms with Crippen LogP contribution in [0.5, 0.6) is 5.75 Å². The van der Waals surface area contributed by atoms with Crippen molar-refractivity contribution in [3.63, 3.8) is 0 Å². The lowest BCUT2D eigenvalue weighted by Crippen LogP contribution is -2.35. The Morgan fingerprint density at radius 2 is 1.52 bits per heavy atom. The summed E-state index contributed by atoms with van der Waals surface area (Å²) in [4.78, 5) is 25.0. The number of nitrogens with one attached hydrogen (secondary N) is 1. The Morgan fingerprint density at radius 1 is 0.833 bits per heavy atom. The Kier molecular flexibility index (Phi) is 11.2. The van der Waals surface area contributed by atoms with E-state index in [1.54, 1.807) is 0 Å². The van der Waals surface area contributed by atoms with Gasteiger partial charge in [0.25, 0.3) is 0 Å². The molecule has 0 spiro atoms. The van der Waals surface area contributed by atoms with E-state index in [2.05, 4.69) is 18.3 Å². The monoisotopic (exact) mass is 575 g/mol. The fourth-order valence-electron chi connectivity index (χ4n) is 4.58. The van der Waals surface area contributed by atoms with E-state index >= 15 is 0 Å². The van der Waals surface area contributed by atoms with Gasteiger partial charge in [-0.1, -0.05) is 55.8 Å². The van der Waals surface area contributed by atoms with Gasteiger partial charge in [-0.2, -0.15) is 0 Å². The number of aliphatic hydroxyl groups is 1. The van der Waals surface area contributed by atoms with Gasteiger partial charge in [-0.05, 0) is 100 Å². The van der Waals surface area contributed by atoms with E-state index in [4.69, 9.17) is 14.2 Å². The first-order valence-corrected chi connectivity index (χ1v) is 14.5. The first kappa shape index (κ1) is 32.7. The molecule has 0 aliphatic rings. The maximum absolute atomic E-state index is 12.5. The van der Waals surface area contributed by atoms with Crippen molar-refractivity contribution in [1.82, 2.24) is 5.32 Å². The molecular formula is C35H45NO6. The number of amides is 1. The molecule has 7 heteroatoms. The number of para-hydroxylation sites is 1. The molecule has 2 N–H and O–H groups in total. The number of ether oxygens (including phenoxy) is 3. The molecular weight excluding hydrogens is 530 g/mol. The van der Waals surface area contributed by atoms with Crippen LogP contribution in [-0.2, 0) is 33.9 Å². The number of rotatable bonds is 11. The van der Waals surface area contributed by atoms with Gasteiger partial charge in [-0.15, -0.1) is 0 Å². The molecule has 7 nitrogen and oxygen atoms in total. The summed E-state index contributed by atoms with van der Waals surface area (Å²) >= 11 is 0. The second-order valence-electron chi connectivity index (χ2n) is 12.5. The number of aliphatic hydroxyl groups excluding tert-OH is 1. The van der Waals surface area contributed by atoms with Crippen LogP contribution in [0.4, 0.5) is 4.79 Å². The van der Waals surface area contributed by atoms with Crippen molar-refractivity contribution in [1.29, 1.82) is 0 Å². The highest BCUT2D eigenvalue weighted by atomic mass is 16.6. The highest BCUT2D eigenvalue weighted by molar-refractivity contribution is 5.74. The molecule has 0 radical (unpaired) electrons. The molecule has 0 saturated heterocycles. The van der Waals surface area contributed by atoms with Crippen LogP contribution in [-0.4, -0.2) is 28.4 Å². The molecule has 42 heavy (non-hydrogen) atoms. The molecule has 0 bridgehead atoms.